The molecule has 4 heterocycles. The van der Waals surface area contributed by atoms with Crippen molar-refractivity contribution in [1.29, 1.82) is 0 Å². The monoisotopic (exact) mass is 495 g/mol. The normalized spacial score (nSPS) is 17.4. The number of carbonyl (C=O) groups excluding carboxylic acids is 2. The Balaban J connectivity index is 1.50. The van der Waals surface area contributed by atoms with E-state index in [1.54, 1.807) is 9.47 Å². The smallest absolute Gasteiger partial charge is 0.287 e. The quantitative estimate of drug-likeness (QED) is 0.581. The number of carbonyl (C=O) groups is 2. The number of nitrogens with one attached hydrogen (secondary N) is 1. The number of piperazine rings is 1. The lowest BCUT2D eigenvalue weighted by Gasteiger charge is -2.32. The molecule has 1 aliphatic heterocycles. The van der Waals surface area contributed by atoms with Gasteiger partial charge in [0, 0.05) is 44.4 Å². The summed E-state index contributed by atoms with van der Waals surface area (Å²) in [6.45, 7) is 2.33. The summed E-state index contributed by atoms with van der Waals surface area (Å²) in [6, 6.07) is 4.43. The molecule has 0 unspecified atom stereocenters. The number of amides is 2. The third-order valence-corrected chi connectivity index (χ3v) is 7.06. The Morgan fingerprint density at radius 1 is 1.11 bits per heavy atom. The van der Waals surface area contributed by atoms with Gasteiger partial charge in [0.25, 0.3) is 11.5 Å². The van der Waals surface area contributed by atoms with Crippen LogP contribution in [0.4, 0.5) is 10.2 Å². The molecule has 0 spiro atoms. The molecule has 3 aromatic heterocycles. The summed E-state index contributed by atoms with van der Waals surface area (Å²) in [4.78, 5) is 47.3. The van der Waals surface area contributed by atoms with Gasteiger partial charge in [0.15, 0.2) is 0 Å². The maximum atomic E-state index is 13.4. The first kappa shape index (κ1) is 24.1. The summed E-state index contributed by atoms with van der Waals surface area (Å²) in [7, 11) is 1.99. The number of halogens is 1. The molecule has 2 fully saturated rings. The zero-order valence-electron chi connectivity index (χ0n) is 20.3. The predicted molar refractivity (Wildman–Crippen MR) is 132 cm³/mol. The van der Waals surface area contributed by atoms with Crippen LogP contribution >= 0.6 is 0 Å². The van der Waals surface area contributed by atoms with Crippen LogP contribution in [0, 0.1) is 5.82 Å². The zero-order chi connectivity index (χ0) is 25.2. The Kier molecular flexibility index (Phi) is 6.82. The lowest BCUT2D eigenvalue weighted by atomic mass is 9.87. The van der Waals surface area contributed by atoms with Crippen molar-refractivity contribution in [3.05, 3.63) is 58.0 Å². The molecule has 190 valence electrons. The van der Waals surface area contributed by atoms with Crippen LogP contribution in [-0.4, -0.2) is 74.0 Å². The van der Waals surface area contributed by atoms with Gasteiger partial charge in [0.2, 0.25) is 5.91 Å². The number of fused-ring (bicyclic) bond motifs is 1. The van der Waals surface area contributed by atoms with E-state index in [1.807, 2.05) is 13.1 Å². The van der Waals surface area contributed by atoms with Crippen LogP contribution in [0.25, 0.3) is 5.65 Å². The molecule has 2 amide bonds. The second-order valence-electron chi connectivity index (χ2n) is 9.66. The Bertz CT molecular complexity index is 1320. The maximum Gasteiger partial charge on any atom is 0.287 e. The first-order chi connectivity index (χ1) is 17.4. The van der Waals surface area contributed by atoms with Crippen LogP contribution in [0.1, 0.15) is 54.1 Å². The first-order valence-corrected chi connectivity index (χ1v) is 12.4. The molecule has 0 bridgehead atoms. The third kappa shape index (κ3) is 5.01. The van der Waals surface area contributed by atoms with Gasteiger partial charge in [-0.1, -0.05) is 19.3 Å². The van der Waals surface area contributed by atoms with Crippen LogP contribution in [0.2, 0.25) is 0 Å². The number of hydrogen-bond donors (Lipinski definition) is 1. The average molecular weight is 496 g/mol. The zero-order valence-corrected chi connectivity index (χ0v) is 20.3. The standard InChI is InChI=1S/C25H30FN7O3/c1-30-9-11-31(12-10-30)24(35)19-15-32(16-22(34)28-21-8-7-18(26)14-27-21)23-13-20(29-33(23)25(19)36)17-5-3-2-4-6-17/h7-8,13-15,17H,2-6,9-12,16H2,1H3,(H,27,28,34). The van der Waals surface area contributed by atoms with Crippen molar-refractivity contribution < 1.29 is 14.0 Å². The minimum Gasteiger partial charge on any atom is -0.336 e. The highest BCUT2D eigenvalue weighted by molar-refractivity contribution is 5.94. The van der Waals surface area contributed by atoms with E-state index in [1.165, 1.54) is 29.3 Å². The van der Waals surface area contributed by atoms with Gasteiger partial charge in [-0.2, -0.15) is 9.61 Å². The fourth-order valence-corrected chi connectivity index (χ4v) is 4.97. The fourth-order valence-electron chi connectivity index (χ4n) is 4.97. The van der Waals surface area contributed by atoms with Gasteiger partial charge in [0.1, 0.15) is 29.4 Å². The van der Waals surface area contributed by atoms with Crippen LogP contribution in [0.3, 0.4) is 0 Å². The Morgan fingerprint density at radius 2 is 1.86 bits per heavy atom. The van der Waals surface area contributed by atoms with Crippen LogP contribution in [0.15, 0.2) is 35.4 Å². The van der Waals surface area contributed by atoms with Gasteiger partial charge in [-0.15, -0.1) is 0 Å². The van der Waals surface area contributed by atoms with E-state index in [-0.39, 0.29) is 29.8 Å². The Morgan fingerprint density at radius 3 is 2.56 bits per heavy atom. The topological polar surface area (TPSA) is 105 Å². The van der Waals surface area contributed by atoms with Gasteiger partial charge in [-0.25, -0.2) is 9.37 Å². The molecule has 3 aromatic rings. The average Bonchev–Trinajstić information content (AvgIpc) is 3.34. The van der Waals surface area contributed by atoms with Crippen molar-refractivity contribution in [1.82, 2.24) is 29.0 Å². The van der Waals surface area contributed by atoms with Crippen molar-refractivity contribution in [2.75, 3.05) is 38.5 Å². The highest BCUT2D eigenvalue weighted by Gasteiger charge is 2.27. The molecule has 1 aliphatic carbocycles. The van der Waals surface area contributed by atoms with Crippen LogP contribution in [-0.2, 0) is 11.3 Å². The van der Waals surface area contributed by atoms with E-state index < -0.39 is 17.3 Å². The second kappa shape index (κ2) is 10.2. The molecule has 11 heteroatoms. The van der Waals surface area contributed by atoms with E-state index in [4.69, 9.17) is 0 Å². The minimum absolute atomic E-state index is 0.0157. The predicted octanol–water partition coefficient (Wildman–Crippen LogP) is 2.10. The lowest BCUT2D eigenvalue weighted by molar-refractivity contribution is -0.116. The van der Waals surface area contributed by atoms with Crippen LogP contribution < -0.4 is 10.9 Å². The number of aromatic nitrogens is 4. The van der Waals surface area contributed by atoms with E-state index in [9.17, 15) is 18.8 Å². The van der Waals surface area contributed by atoms with Crippen molar-refractivity contribution >= 4 is 23.3 Å². The summed E-state index contributed by atoms with van der Waals surface area (Å²) < 4.78 is 16.0. The third-order valence-electron chi connectivity index (χ3n) is 7.06. The fraction of sp³-hybridized carbons (Fsp3) is 0.480. The lowest BCUT2D eigenvalue weighted by Crippen LogP contribution is -2.48. The number of pyridine rings is 1. The highest BCUT2D eigenvalue weighted by atomic mass is 19.1. The van der Waals surface area contributed by atoms with E-state index in [0.29, 0.717) is 18.7 Å². The van der Waals surface area contributed by atoms with Crippen molar-refractivity contribution in [2.45, 2.75) is 44.6 Å². The van der Waals surface area contributed by atoms with E-state index in [0.717, 1.165) is 50.7 Å². The highest BCUT2D eigenvalue weighted by Crippen LogP contribution is 2.32. The number of likely N-dealkylation sites (N-methyl/N-ethyl adjacent to an activating group) is 1. The summed E-state index contributed by atoms with van der Waals surface area (Å²) in [6.07, 6.45) is 7.91. The second-order valence-corrected chi connectivity index (χ2v) is 9.66. The number of rotatable bonds is 5. The molecular weight excluding hydrogens is 465 g/mol. The van der Waals surface area contributed by atoms with Gasteiger partial charge in [-0.05, 0) is 32.0 Å². The maximum absolute atomic E-state index is 13.4. The van der Waals surface area contributed by atoms with Gasteiger partial charge >= 0.3 is 0 Å². The van der Waals surface area contributed by atoms with Gasteiger partial charge in [-0.3, -0.25) is 14.4 Å². The number of nitrogens with zero attached hydrogens (tertiary/aromatic N) is 6. The molecule has 1 saturated carbocycles. The molecule has 5 rings (SSSR count). The Labute approximate surface area is 207 Å². The SMILES string of the molecule is CN1CCN(C(=O)c2cn(CC(=O)Nc3ccc(F)cn3)c3cc(C4CCCCC4)nn3c2=O)CC1. The number of hydrogen-bond acceptors (Lipinski definition) is 6. The molecular formula is C25H30FN7O3. The number of anilines is 1. The summed E-state index contributed by atoms with van der Waals surface area (Å²) >= 11 is 0. The van der Waals surface area contributed by atoms with Crippen LogP contribution in [0.5, 0.6) is 0 Å². The van der Waals surface area contributed by atoms with Gasteiger partial charge in [0.05, 0.1) is 11.9 Å². The van der Waals surface area contributed by atoms with Crippen molar-refractivity contribution in [3.8, 4) is 0 Å². The molecule has 1 saturated heterocycles. The Hall–Kier alpha value is -3.60. The van der Waals surface area contributed by atoms with Crippen molar-refractivity contribution in [3.63, 3.8) is 0 Å². The minimum atomic E-state index is -0.503. The molecule has 0 radical (unpaired) electrons. The van der Waals surface area contributed by atoms with E-state index >= 15 is 0 Å². The molecule has 36 heavy (non-hydrogen) atoms. The molecule has 10 nitrogen and oxygen atoms in total. The summed E-state index contributed by atoms with van der Waals surface area (Å²) in [5.41, 5.74) is 0.772. The first-order valence-electron chi connectivity index (χ1n) is 12.4. The molecule has 2 aliphatic rings. The molecule has 1 N–H and O–H groups in total. The summed E-state index contributed by atoms with van der Waals surface area (Å²) in [5, 5.41) is 7.25. The largest absolute Gasteiger partial charge is 0.336 e. The molecule has 0 aromatic carbocycles. The van der Waals surface area contributed by atoms with E-state index in [2.05, 4.69) is 20.3 Å². The molecule has 0 atom stereocenters. The summed E-state index contributed by atoms with van der Waals surface area (Å²) in [5.74, 6) is -0.821. The van der Waals surface area contributed by atoms with Gasteiger partial charge < -0.3 is 19.7 Å². The van der Waals surface area contributed by atoms with Crippen molar-refractivity contribution in [2.24, 2.45) is 0 Å².